The molecule has 2 aromatic carbocycles. The lowest BCUT2D eigenvalue weighted by Gasteiger charge is -2.26. The van der Waals surface area contributed by atoms with Gasteiger partial charge >= 0.3 is 0 Å². The highest BCUT2D eigenvalue weighted by molar-refractivity contribution is 9.10. The molecule has 1 aliphatic rings. The molecule has 0 bridgehead atoms. The normalized spacial score (nSPS) is 13.7. The number of methoxy groups -OCH3 is 1. The molecular weight excluding hydrogens is 572 g/mol. The molecule has 1 aliphatic heterocycles. The Kier molecular flexibility index (Phi) is 7.07. The molecule has 38 heavy (non-hydrogen) atoms. The van der Waals surface area contributed by atoms with E-state index in [1.54, 1.807) is 31.6 Å². The van der Waals surface area contributed by atoms with Gasteiger partial charge in [-0.1, -0.05) is 0 Å². The zero-order valence-corrected chi connectivity index (χ0v) is 23.8. The third-order valence-corrected chi connectivity index (χ3v) is 8.15. The van der Waals surface area contributed by atoms with Crippen LogP contribution in [-0.2, 0) is 23.0 Å². The fourth-order valence-corrected chi connectivity index (χ4v) is 5.17. The number of aromatic nitrogens is 4. The van der Waals surface area contributed by atoms with E-state index in [0.29, 0.717) is 44.4 Å². The molecule has 4 aromatic rings. The molecule has 2 aromatic heterocycles. The average molecular weight is 600 g/mol. The summed E-state index contributed by atoms with van der Waals surface area (Å²) in [6, 6.07) is 7.65. The summed E-state index contributed by atoms with van der Waals surface area (Å²) in [6.45, 7) is 1.86. The SMILES string of the molecule is COc1cc2c(cc1Nc1ncc(Br)c(Nc3ccc4nccnc4c3N(C)S(C)(=O)=O)n1)CN(C)CC2. The van der Waals surface area contributed by atoms with Crippen molar-refractivity contribution in [3.63, 3.8) is 0 Å². The van der Waals surface area contributed by atoms with Crippen LogP contribution in [0, 0.1) is 0 Å². The molecule has 0 spiro atoms. The fraction of sp³-hybridized carbons (Fsp3) is 0.280. The quantitative estimate of drug-likeness (QED) is 0.321. The fourth-order valence-electron chi connectivity index (χ4n) is 4.36. The maximum atomic E-state index is 12.5. The third-order valence-electron chi connectivity index (χ3n) is 6.39. The smallest absolute Gasteiger partial charge is 0.232 e. The minimum Gasteiger partial charge on any atom is -0.495 e. The van der Waals surface area contributed by atoms with Crippen LogP contribution in [0.2, 0.25) is 0 Å². The zero-order valence-electron chi connectivity index (χ0n) is 21.4. The zero-order chi connectivity index (χ0) is 27.0. The lowest BCUT2D eigenvalue weighted by molar-refractivity contribution is 0.312. The van der Waals surface area contributed by atoms with Gasteiger partial charge in [0, 0.05) is 38.7 Å². The van der Waals surface area contributed by atoms with Gasteiger partial charge in [-0.15, -0.1) is 0 Å². The van der Waals surface area contributed by atoms with Crippen LogP contribution in [0.5, 0.6) is 5.75 Å². The third kappa shape index (κ3) is 5.22. The summed E-state index contributed by atoms with van der Waals surface area (Å²) in [5, 5.41) is 6.52. The van der Waals surface area contributed by atoms with Crippen LogP contribution in [0.15, 0.2) is 47.3 Å². The molecule has 0 saturated heterocycles. The van der Waals surface area contributed by atoms with Crippen molar-refractivity contribution >= 4 is 65.8 Å². The predicted octanol–water partition coefficient (Wildman–Crippen LogP) is 4.06. The van der Waals surface area contributed by atoms with Crippen LogP contribution < -0.4 is 19.7 Å². The summed E-state index contributed by atoms with van der Waals surface area (Å²) in [7, 11) is 1.63. The molecular formula is C25H27BrN8O3S. The maximum absolute atomic E-state index is 12.5. The number of benzene rings is 2. The van der Waals surface area contributed by atoms with Gasteiger partial charge in [-0.3, -0.25) is 14.3 Å². The molecule has 3 heterocycles. The van der Waals surface area contributed by atoms with Crippen molar-refractivity contribution in [2.24, 2.45) is 0 Å². The van der Waals surface area contributed by atoms with Crippen LogP contribution in [-0.4, -0.2) is 67.3 Å². The number of nitrogens with one attached hydrogen (secondary N) is 2. The van der Waals surface area contributed by atoms with E-state index in [4.69, 9.17) is 4.74 Å². The van der Waals surface area contributed by atoms with Crippen molar-refractivity contribution < 1.29 is 13.2 Å². The Morgan fingerprint density at radius 2 is 1.87 bits per heavy atom. The molecule has 0 saturated carbocycles. The first-order valence-electron chi connectivity index (χ1n) is 11.8. The highest BCUT2D eigenvalue weighted by Gasteiger charge is 2.22. The van der Waals surface area contributed by atoms with Gasteiger partial charge in [-0.05, 0) is 64.8 Å². The van der Waals surface area contributed by atoms with Crippen molar-refractivity contribution in [2.75, 3.05) is 48.9 Å². The van der Waals surface area contributed by atoms with Crippen LogP contribution >= 0.6 is 15.9 Å². The lowest BCUT2D eigenvalue weighted by atomic mass is 9.99. The summed E-state index contributed by atoms with van der Waals surface area (Å²) < 4.78 is 32.4. The second-order valence-electron chi connectivity index (χ2n) is 9.07. The number of ether oxygens (including phenoxy) is 1. The number of hydrogen-bond acceptors (Lipinski definition) is 10. The first-order valence-corrected chi connectivity index (χ1v) is 14.4. The van der Waals surface area contributed by atoms with Crippen molar-refractivity contribution in [2.45, 2.75) is 13.0 Å². The van der Waals surface area contributed by atoms with E-state index in [1.807, 2.05) is 0 Å². The molecule has 2 N–H and O–H groups in total. The number of hydrogen-bond donors (Lipinski definition) is 2. The maximum Gasteiger partial charge on any atom is 0.232 e. The van der Waals surface area contributed by atoms with Gasteiger partial charge in [0.2, 0.25) is 16.0 Å². The molecule has 0 aliphatic carbocycles. The largest absolute Gasteiger partial charge is 0.495 e. The molecule has 0 atom stereocenters. The van der Waals surface area contributed by atoms with Crippen LogP contribution in [0.3, 0.4) is 0 Å². The molecule has 198 valence electrons. The van der Waals surface area contributed by atoms with Crippen LogP contribution in [0.25, 0.3) is 11.0 Å². The highest BCUT2D eigenvalue weighted by atomic mass is 79.9. The van der Waals surface area contributed by atoms with Crippen molar-refractivity contribution in [1.82, 2.24) is 24.8 Å². The Morgan fingerprint density at radius 1 is 1.08 bits per heavy atom. The van der Waals surface area contributed by atoms with Gasteiger partial charge in [0.15, 0.2) is 0 Å². The Labute approximate surface area is 229 Å². The van der Waals surface area contributed by atoms with E-state index in [-0.39, 0.29) is 0 Å². The van der Waals surface area contributed by atoms with Crippen LogP contribution in [0.1, 0.15) is 11.1 Å². The summed E-state index contributed by atoms with van der Waals surface area (Å²) in [5.74, 6) is 1.49. The Hall–Kier alpha value is -3.55. The van der Waals surface area contributed by atoms with E-state index in [2.05, 4.69) is 70.6 Å². The van der Waals surface area contributed by atoms with Crippen LogP contribution in [0.4, 0.5) is 28.8 Å². The number of rotatable bonds is 7. The number of halogens is 1. The van der Waals surface area contributed by atoms with Crippen molar-refractivity contribution in [3.8, 4) is 5.75 Å². The van der Waals surface area contributed by atoms with E-state index < -0.39 is 10.0 Å². The standard InChI is InChI=1S/C25H27BrN8O3S/c1-33-10-7-15-12-21(37-3)20(11-16(15)14-33)31-25-29-13-17(26)24(32-25)30-19-6-5-18-22(28-9-8-27-18)23(19)34(2)38(4,35)36/h5-6,8-9,11-13H,7,10,14H2,1-4H3,(H2,29,30,31,32). The summed E-state index contributed by atoms with van der Waals surface area (Å²) >= 11 is 3.50. The Bertz CT molecular complexity index is 1630. The van der Waals surface area contributed by atoms with Crippen molar-refractivity contribution in [3.05, 3.63) is 58.5 Å². The van der Waals surface area contributed by atoms with E-state index >= 15 is 0 Å². The van der Waals surface area contributed by atoms with E-state index in [1.165, 1.54) is 28.7 Å². The second kappa shape index (κ2) is 10.3. The van der Waals surface area contributed by atoms with E-state index in [0.717, 1.165) is 31.5 Å². The van der Waals surface area contributed by atoms with Gasteiger partial charge in [0.05, 0.1) is 34.7 Å². The molecule has 0 radical (unpaired) electrons. The van der Waals surface area contributed by atoms with Gasteiger partial charge < -0.3 is 20.3 Å². The monoisotopic (exact) mass is 598 g/mol. The summed E-state index contributed by atoms with van der Waals surface area (Å²) in [5.41, 5.74) is 5.11. The van der Waals surface area contributed by atoms with E-state index in [9.17, 15) is 8.42 Å². The topological polar surface area (TPSA) is 125 Å². The van der Waals surface area contributed by atoms with Gasteiger partial charge in [0.25, 0.3) is 0 Å². The average Bonchev–Trinajstić information content (AvgIpc) is 2.89. The number of nitrogens with zero attached hydrogens (tertiary/aromatic N) is 6. The first kappa shape index (κ1) is 26.1. The number of anilines is 5. The number of fused-ring (bicyclic) bond motifs is 2. The lowest BCUT2D eigenvalue weighted by Crippen LogP contribution is -2.26. The predicted molar refractivity (Wildman–Crippen MR) is 152 cm³/mol. The molecule has 11 nitrogen and oxygen atoms in total. The van der Waals surface area contributed by atoms with Gasteiger partial charge in [-0.2, -0.15) is 4.98 Å². The minimum absolute atomic E-state index is 0.344. The van der Waals surface area contributed by atoms with Gasteiger partial charge in [-0.25, -0.2) is 13.4 Å². The Balaban J connectivity index is 1.52. The minimum atomic E-state index is -3.59. The molecule has 0 amide bonds. The molecule has 0 unspecified atom stereocenters. The second-order valence-corrected chi connectivity index (χ2v) is 11.9. The molecule has 5 rings (SSSR count). The summed E-state index contributed by atoms with van der Waals surface area (Å²) in [6.07, 6.45) is 6.81. The molecule has 13 heteroatoms. The first-order chi connectivity index (χ1) is 18.1. The Morgan fingerprint density at radius 3 is 2.63 bits per heavy atom. The van der Waals surface area contributed by atoms with Gasteiger partial charge in [0.1, 0.15) is 22.8 Å². The molecule has 0 fully saturated rings. The summed E-state index contributed by atoms with van der Waals surface area (Å²) in [4.78, 5) is 20.1. The highest BCUT2D eigenvalue weighted by Crippen LogP contribution is 2.37. The number of sulfonamides is 1. The van der Waals surface area contributed by atoms with Crippen molar-refractivity contribution in [1.29, 1.82) is 0 Å². The number of likely N-dealkylation sites (N-methyl/N-ethyl adjacent to an activating group) is 1.